The zero-order chi connectivity index (χ0) is 74.1. The number of rotatable bonds is 0. The largest absolute Gasteiger partial charge is 0.465 e. The van der Waals surface area contributed by atoms with Crippen LogP contribution >= 0.6 is 22.7 Å². The van der Waals surface area contributed by atoms with Gasteiger partial charge in [-0.25, -0.2) is 4.98 Å². The Morgan fingerprint density at radius 2 is 0.532 bits per heavy atom. The number of hydrogen-bond donors (Lipinski definition) is 0. The summed E-state index contributed by atoms with van der Waals surface area (Å²) < 4.78 is 11.4. The van der Waals surface area contributed by atoms with Crippen molar-refractivity contribution >= 4 is 22.7 Å². The second kappa shape index (κ2) is 31.8. The number of benzene rings is 1. The van der Waals surface area contributed by atoms with Crippen LogP contribution in [0.15, 0.2) is 94.3 Å². The maximum atomic E-state index is 5.81. The topological polar surface area (TPSA) is 104 Å². The standard InChI is InChI=1S/C14H22.C13H21N.C12H20N2.C12H20O.C12H20S.C11H19NS.C10H18N2O/c1-13(2,3)11-7-9-12(10-8-11)14(4,5)6;1-12(2,3)10-7-8-11(14-9-10)13(4,5)6;1-11(2,3)9-7-14-10(8-13-9)12(4,5)6;2*1-11(2,3)9-7-8-10(13-9)12(4,5)6;1-10(2,3)8-7-12-9(13-8)11(4,5)6;1-9(2,3)7-11-12-8(13-7)10(4,5)6/h7-10H,1-6H3;7-9H,1-6H3;7-8H,1-6H3;2*7-8H,1-6H3;7H,1-6H3;1-6H3. The van der Waals surface area contributed by atoms with Gasteiger partial charge in [0.25, 0.3) is 0 Å². The summed E-state index contributed by atoms with van der Waals surface area (Å²) in [5.74, 6) is 3.55. The molecule has 0 radical (unpaired) electrons. The van der Waals surface area contributed by atoms with Gasteiger partial charge in [-0.05, 0) is 79.5 Å². The maximum absolute atomic E-state index is 5.81. The van der Waals surface area contributed by atoms with Crippen molar-refractivity contribution in [3.8, 4) is 0 Å². The molecular formula is C84H140N6O2S2. The number of furan rings is 1. The first-order valence-corrected chi connectivity index (χ1v) is 36.0. The van der Waals surface area contributed by atoms with E-state index in [0.29, 0.717) is 22.6 Å². The van der Waals surface area contributed by atoms with Gasteiger partial charge in [-0.2, -0.15) is 0 Å². The van der Waals surface area contributed by atoms with E-state index < -0.39 is 0 Å². The fourth-order valence-corrected chi connectivity index (χ4v) is 10.1. The summed E-state index contributed by atoms with van der Waals surface area (Å²) in [4.78, 5) is 22.2. The second-order valence-corrected chi connectivity index (χ2v) is 42.2. The van der Waals surface area contributed by atoms with Crippen molar-refractivity contribution < 1.29 is 8.83 Å². The Morgan fingerprint density at radius 3 is 0.713 bits per heavy atom. The molecule has 0 amide bonds. The van der Waals surface area contributed by atoms with E-state index in [2.05, 4.69) is 382 Å². The summed E-state index contributed by atoms with van der Waals surface area (Å²) in [7, 11) is 0. The molecule has 0 fully saturated rings. The minimum absolute atomic E-state index is 0.0590. The van der Waals surface area contributed by atoms with Crippen molar-refractivity contribution in [2.24, 2.45) is 0 Å². The smallest absolute Gasteiger partial charge is 0.221 e. The van der Waals surface area contributed by atoms with Crippen molar-refractivity contribution in [3.63, 3.8) is 0 Å². The summed E-state index contributed by atoms with van der Waals surface area (Å²) in [5.41, 5.74) is 9.54. The number of aromatic nitrogens is 6. The lowest BCUT2D eigenvalue weighted by molar-refractivity contribution is 0.331. The highest BCUT2D eigenvalue weighted by Gasteiger charge is 2.29. The number of hydrogen-bond acceptors (Lipinski definition) is 10. The van der Waals surface area contributed by atoms with Crippen LogP contribution in [0.5, 0.6) is 0 Å². The summed E-state index contributed by atoms with van der Waals surface area (Å²) in [6.45, 7) is 91.8. The van der Waals surface area contributed by atoms with Crippen LogP contribution < -0.4 is 0 Å². The van der Waals surface area contributed by atoms with E-state index in [4.69, 9.17) is 8.83 Å². The lowest BCUT2D eigenvalue weighted by Gasteiger charge is -2.23. The molecular weight excluding hydrogens is 1190 g/mol. The minimum Gasteiger partial charge on any atom is -0.465 e. The lowest BCUT2D eigenvalue weighted by atomic mass is 9.82. The van der Waals surface area contributed by atoms with E-state index in [-0.39, 0.29) is 65.0 Å². The molecule has 1 aromatic carbocycles. The van der Waals surface area contributed by atoms with Crippen LogP contribution in [0, 0.1) is 0 Å². The predicted octanol–water partition coefficient (Wildman–Crippen LogP) is 25.7. The Balaban J connectivity index is 0.000000548. The van der Waals surface area contributed by atoms with Crippen LogP contribution in [0.25, 0.3) is 0 Å². The van der Waals surface area contributed by atoms with Crippen LogP contribution in [-0.4, -0.2) is 30.1 Å². The number of thiophene rings is 1. The third kappa shape index (κ3) is 30.7. The van der Waals surface area contributed by atoms with E-state index in [1.807, 2.05) is 47.5 Å². The molecule has 94 heavy (non-hydrogen) atoms. The zero-order valence-corrected chi connectivity index (χ0v) is 70.0. The van der Waals surface area contributed by atoms with Gasteiger partial charge in [0.15, 0.2) is 0 Å². The third-order valence-corrected chi connectivity index (χ3v) is 18.8. The van der Waals surface area contributed by atoms with Crippen molar-refractivity contribution in [1.82, 2.24) is 30.1 Å². The first-order valence-electron chi connectivity index (χ1n) is 34.4. The molecule has 7 rings (SSSR count). The van der Waals surface area contributed by atoms with E-state index in [1.54, 1.807) is 0 Å². The summed E-state index contributed by atoms with van der Waals surface area (Å²) in [5, 5.41) is 9.31. The second-order valence-electron chi connectivity index (χ2n) is 40.1. The Labute approximate surface area is 586 Å². The van der Waals surface area contributed by atoms with Crippen molar-refractivity contribution in [3.05, 3.63) is 162 Å². The van der Waals surface area contributed by atoms with Crippen LogP contribution in [0.2, 0.25) is 0 Å². The van der Waals surface area contributed by atoms with Gasteiger partial charge in [-0.1, -0.05) is 321 Å². The Morgan fingerprint density at radius 1 is 0.223 bits per heavy atom. The molecule has 0 spiro atoms. The molecule has 8 nitrogen and oxygen atoms in total. The molecule has 0 unspecified atom stereocenters. The summed E-state index contributed by atoms with van der Waals surface area (Å²) in [6, 6.07) is 22.0. The molecule has 0 atom stereocenters. The molecule has 0 aliphatic carbocycles. The van der Waals surface area contributed by atoms with E-state index in [1.165, 1.54) is 36.3 Å². The third-order valence-electron chi connectivity index (χ3n) is 15.0. The van der Waals surface area contributed by atoms with Gasteiger partial charge in [-0.15, -0.1) is 32.9 Å². The molecule has 6 aromatic heterocycles. The Kier molecular flexibility index (Phi) is 29.5. The zero-order valence-electron chi connectivity index (χ0n) is 68.4. The number of thiazole rings is 1. The lowest BCUT2D eigenvalue weighted by Crippen LogP contribution is -2.18. The van der Waals surface area contributed by atoms with Gasteiger partial charge >= 0.3 is 0 Å². The molecule has 0 aliphatic rings. The monoisotopic (exact) mass is 1330 g/mol. The quantitative estimate of drug-likeness (QED) is 0.148. The van der Waals surface area contributed by atoms with Gasteiger partial charge in [0.2, 0.25) is 11.8 Å². The summed E-state index contributed by atoms with van der Waals surface area (Å²) in [6.07, 6.45) is 7.80. The van der Waals surface area contributed by atoms with Crippen molar-refractivity contribution in [2.45, 2.75) is 367 Å². The van der Waals surface area contributed by atoms with E-state index >= 15 is 0 Å². The van der Waals surface area contributed by atoms with E-state index in [0.717, 1.165) is 28.6 Å². The highest BCUT2D eigenvalue weighted by molar-refractivity contribution is 7.12. The van der Waals surface area contributed by atoms with Crippen molar-refractivity contribution in [2.75, 3.05) is 0 Å². The van der Waals surface area contributed by atoms with Crippen LogP contribution in [0.3, 0.4) is 0 Å². The van der Waals surface area contributed by atoms with Gasteiger partial charge in [0, 0.05) is 88.4 Å². The normalized spacial score (nSPS) is 13.2. The minimum atomic E-state index is -0.0590. The first-order chi connectivity index (χ1) is 41.5. The van der Waals surface area contributed by atoms with E-state index in [9.17, 15) is 0 Å². The Bertz CT molecular complexity index is 2680. The average molecular weight is 1330 g/mol. The molecule has 0 bridgehead atoms. The summed E-state index contributed by atoms with van der Waals surface area (Å²) >= 11 is 3.78. The molecule has 0 N–H and O–H groups in total. The fraction of sp³-hybridized carbons (Fsp3) is 0.667. The van der Waals surface area contributed by atoms with Crippen LogP contribution in [-0.2, 0) is 75.8 Å². The van der Waals surface area contributed by atoms with Gasteiger partial charge in [0.05, 0.1) is 16.4 Å². The molecule has 6 heterocycles. The fourth-order valence-electron chi connectivity index (χ4n) is 7.94. The average Bonchev–Trinajstić information content (AvgIpc) is 1.18. The SMILES string of the molecule is CC(C)(C)c1ccc(C(C)(C)C)cc1.CC(C)(C)c1ccc(C(C)(C)C)nc1.CC(C)(C)c1ccc(C(C)(C)C)o1.CC(C)(C)c1ccc(C(C)(C)C)s1.CC(C)(C)c1cnc(C(C)(C)C)cn1.CC(C)(C)c1cnc(C(C)(C)C)s1.CC(C)(C)c1nnc(C(C)(C)C)o1. The van der Waals surface area contributed by atoms with Gasteiger partial charge in [0.1, 0.15) is 11.5 Å². The molecule has 0 saturated heterocycles. The molecule has 0 aliphatic heterocycles. The van der Waals surface area contributed by atoms with Crippen LogP contribution in [0.4, 0.5) is 0 Å². The van der Waals surface area contributed by atoms with Gasteiger partial charge < -0.3 is 8.83 Å². The Hall–Kier alpha value is -4.80. The van der Waals surface area contributed by atoms with Gasteiger partial charge in [-0.3, -0.25) is 15.0 Å². The maximum Gasteiger partial charge on any atom is 0.221 e. The highest BCUT2D eigenvalue weighted by atomic mass is 32.1. The first kappa shape index (κ1) is 87.2. The molecule has 10 heteroatoms. The highest BCUT2D eigenvalue weighted by Crippen LogP contribution is 2.37. The number of nitrogens with zero attached hydrogens (tertiary/aromatic N) is 6. The predicted molar refractivity (Wildman–Crippen MR) is 414 cm³/mol. The van der Waals surface area contributed by atoms with Crippen molar-refractivity contribution in [1.29, 1.82) is 0 Å². The molecule has 0 saturated carbocycles. The molecule has 530 valence electrons. The molecule has 7 aromatic rings. The van der Waals surface area contributed by atoms with Crippen LogP contribution in [0.1, 0.15) is 368 Å². The number of pyridine rings is 1.